The molecule has 8 nitrogen and oxygen atoms in total. The average molecular weight is 451 g/mol. The highest BCUT2D eigenvalue weighted by molar-refractivity contribution is 6.03. The minimum Gasteiger partial charge on any atom is -0.406 e. The van der Waals surface area contributed by atoms with Gasteiger partial charge in [0.25, 0.3) is 5.91 Å². The number of amides is 2. The highest BCUT2D eigenvalue weighted by Gasteiger charge is 2.54. The molecular weight excluding hydrogens is 427 g/mol. The minimum absolute atomic E-state index is 0. The second kappa shape index (κ2) is 7.88. The number of benzene rings is 1. The van der Waals surface area contributed by atoms with Gasteiger partial charge in [-0.15, -0.1) is 13.2 Å². The standard InChI is InChI=1S/C20H20F3N5O3.CH4/c1-2-14(29)27-9-19(10-27)7-12(8-19)28-17(24)15(18(25)30)16(26-28)11-3-5-13(6-4-11)31-20(21,22)23;/h2-6,12H,1,7-10,24H2,(H2,25,30);1H4. The van der Waals surface area contributed by atoms with E-state index in [1.807, 2.05) is 0 Å². The third-order valence-corrected chi connectivity index (χ3v) is 5.78. The first kappa shape index (κ1) is 23.2. The van der Waals surface area contributed by atoms with Crippen LogP contribution in [0.25, 0.3) is 11.3 Å². The Hall–Kier alpha value is -3.50. The van der Waals surface area contributed by atoms with Crippen LogP contribution in [0, 0.1) is 5.41 Å². The molecule has 2 aliphatic rings. The Kier molecular flexibility index (Phi) is 5.71. The lowest BCUT2D eigenvalue weighted by Crippen LogP contribution is -2.63. The third-order valence-electron chi connectivity index (χ3n) is 5.78. The summed E-state index contributed by atoms with van der Waals surface area (Å²) in [7, 11) is 0. The molecule has 0 atom stereocenters. The van der Waals surface area contributed by atoms with Crippen LogP contribution in [0.3, 0.4) is 0 Å². The number of hydrogen-bond donors (Lipinski definition) is 2. The molecule has 1 spiro atoms. The number of rotatable bonds is 5. The smallest absolute Gasteiger partial charge is 0.406 e. The first-order valence-corrected chi connectivity index (χ1v) is 9.47. The summed E-state index contributed by atoms with van der Waals surface area (Å²) in [6.07, 6.45) is -2.06. The molecule has 2 heterocycles. The molecule has 2 amide bonds. The molecule has 1 saturated heterocycles. The monoisotopic (exact) mass is 451 g/mol. The maximum atomic E-state index is 12.4. The van der Waals surface area contributed by atoms with Crippen molar-refractivity contribution in [2.24, 2.45) is 11.1 Å². The van der Waals surface area contributed by atoms with Crippen LogP contribution in [0.1, 0.15) is 36.7 Å². The van der Waals surface area contributed by atoms with E-state index in [-0.39, 0.29) is 41.9 Å². The van der Waals surface area contributed by atoms with Crippen molar-refractivity contribution in [3.63, 3.8) is 0 Å². The van der Waals surface area contributed by atoms with Gasteiger partial charge in [0.05, 0.1) is 6.04 Å². The number of alkyl halides is 3. The summed E-state index contributed by atoms with van der Waals surface area (Å²) >= 11 is 0. The van der Waals surface area contributed by atoms with Gasteiger partial charge in [0.15, 0.2) is 0 Å². The molecule has 32 heavy (non-hydrogen) atoms. The lowest BCUT2D eigenvalue weighted by molar-refractivity contribution is -0.274. The third kappa shape index (κ3) is 4.02. The fourth-order valence-electron chi connectivity index (χ4n) is 4.40. The van der Waals surface area contributed by atoms with Crippen molar-refractivity contribution >= 4 is 17.6 Å². The summed E-state index contributed by atoms with van der Waals surface area (Å²) < 4.78 is 42.5. The van der Waals surface area contributed by atoms with Crippen LogP contribution >= 0.6 is 0 Å². The Morgan fingerprint density at radius 1 is 1.22 bits per heavy atom. The van der Waals surface area contributed by atoms with Gasteiger partial charge in [-0.3, -0.25) is 9.59 Å². The first-order valence-electron chi connectivity index (χ1n) is 9.47. The normalized spacial score (nSPS) is 17.2. The van der Waals surface area contributed by atoms with Gasteiger partial charge in [0.2, 0.25) is 5.91 Å². The Bertz CT molecular complexity index is 1050. The van der Waals surface area contributed by atoms with Gasteiger partial charge in [0, 0.05) is 24.1 Å². The number of ether oxygens (including phenoxy) is 1. The molecule has 2 fully saturated rings. The topological polar surface area (TPSA) is 116 Å². The number of carbonyl (C=O) groups excluding carboxylic acids is 2. The molecule has 11 heteroatoms. The lowest BCUT2D eigenvalue weighted by atomic mass is 9.60. The fourth-order valence-corrected chi connectivity index (χ4v) is 4.40. The Morgan fingerprint density at radius 3 is 2.31 bits per heavy atom. The van der Waals surface area contributed by atoms with Crippen molar-refractivity contribution in [2.75, 3.05) is 18.8 Å². The Labute approximate surface area is 182 Å². The number of primary amides is 1. The molecule has 172 valence electrons. The quantitative estimate of drug-likeness (QED) is 0.678. The summed E-state index contributed by atoms with van der Waals surface area (Å²) in [4.78, 5) is 25.4. The molecule has 0 radical (unpaired) electrons. The number of likely N-dealkylation sites (tertiary alicyclic amines) is 1. The van der Waals surface area contributed by atoms with Crippen LogP contribution in [-0.4, -0.2) is 45.9 Å². The van der Waals surface area contributed by atoms with E-state index in [0.29, 0.717) is 18.7 Å². The minimum atomic E-state index is -4.81. The molecule has 1 aliphatic heterocycles. The van der Waals surface area contributed by atoms with Crippen LogP contribution < -0.4 is 16.2 Å². The average Bonchev–Trinajstić information content (AvgIpc) is 2.95. The van der Waals surface area contributed by atoms with Crippen LogP contribution in [0.15, 0.2) is 36.9 Å². The van der Waals surface area contributed by atoms with Crippen molar-refractivity contribution < 1.29 is 27.5 Å². The predicted octanol–water partition coefficient (Wildman–Crippen LogP) is 3.12. The lowest BCUT2D eigenvalue weighted by Gasteiger charge is -2.58. The van der Waals surface area contributed by atoms with E-state index in [4.69, 9.17) is 11.5 Å². The highest BCUT2D eigenvalue weighted by Crippen LogP contribution is 2.54. The molecule has 1 saturated carbocycles. The van der Waals surface area contributed by atoms with Gasteiger partial charge in [-0.1, -0.05) is 14.0 Å². The first-order chi connectivity index (χ1) is 14.5. The maximum Gasteiger partial charge on any atom is 0.573 e. The van der Waals surface area contributed by atoms with Gasteiger partial charge in [-0.05, 0) is 43.2 Å². The molecule has 1 aromatic heterocycles. The number of nitrogens with two attached hydrogens (primary N) is 2. The van der Waals surface area contributed by atoms with Gasteiger partial charge >= 0.3 is 6.36 Å². The number of halogens is 3. The van der Waals surface area contributed by atoms with E-state index in [9.17, 15) is 22.8 Å². The predicted molar refractivity (Wildman–Crippen MR) is 111 cm³/mol. The fraction of sp³-hybridized carbons (Fsp3) is 0.381. The number of nitrogens with zero attached hydrogens (tertiary/aromatic N) is 3. The molecular formula is C21H24F3N5O3. The zero-order valence-electron chi connectivity index (χ0n) is 16.4. The van der Waals surface area contributed by atoms with Crippen molar-refractivity contribution in [1.82, 2.24) is 14.7 Å². The molecule has 2 aromatic rings. The van der Waals surface area contributed by atoms with Gasteiger partial charge in [-0.25, -0.2) is 4.68 Å². The summed E-state index contributed by atoms with van der Waals surface area (Å²) in [6.45, 7) is 4.74. The molecule has 1 aromatic carbocycles. The summed E-state index contributed by atoms with van der Waals surface area (Å²) in [6, 6.07) is 4.89. The molecule has 0 bridgehead atoms. The number of nitrogen functional groups attached to an aromatic ring is 1. The van der Waals surface area contributed by atoms with Crippen LogP contribution in [0.5, 0.6) is 5.75 Å². The summed E-state index contributed by atoms with van der Waals surface area (Å²) in [5, 5.41) is 4.45. The summed E-state index contributed by atoms with van der Waals surface area (Å²) in [5.74, 6) is -1.18. The molecule has 1 aliphatic carbocycles. The number of carbonyl (C=O) groups is 2. The van der Waals surface area contributed by atoms with Crippen LogP contribution in [0.4, 0.5) is 19.0 Å². The van der Waals surface area contributed by atoms with Crippen molar-refractivity contribution in [3.8, 4) is 17.0 Å². The maximum absolute atomic E-state index is 12.4. The number of aromatic nitrogens is 2. The Morgan fingerprint density at radius 2 is 1.81 bits per heavy atom. The number of anilines is 1. The molecule has 4 rings (SSSR count). The van der Waals surface area contributed by atoms with E-state index >= 15 is 0 Å². The zero-order valence-corrected chi connectivity index (χ0v) is 16.4. The highest BCUT2D eigenvalue weighted by atomic mass is 19.4. The number of hydrogen-bond acceptors (Lipinski definition) is 5. The second-order valence-electron chi connectivity index (χ2n) is 7.95. The van der Waals surface area contributed by atoms with Crippen LogP contribution in [-0.2, 0) is 4.79 Å². The van der Waals surface area contributed by atoms with E-state index in [2.05, 4.69) is 16.4 Å². The van der Waals surface area contributed by atoms with Crippen molar-refractivity contribution in [2.45, 2.75) is 32.7 Å². The SMILES string of the molecule is C.C=CC(=O)N1CC2(CC(n3nc(-c4ccc(OC(F)(F)F)cc4)c(C(N)=O)c3N)C2)C1. The molecule has 4 N–H and O–H groups in total. The van der Waals surface area contributed by atoms with Gasteiger partial charge < -0.3 is 21.1 Å². The largest absolute Gasteiger partial charge is 0.573 e. The second-order valence-corrected chi connectivity index (χ2v) is 7.95. The summed E-state index contributed by atoms with van der Waals surface area (Å²) in [5.41, 5.74) is 12.3. The Balaban J connectivity index is 0.00000289. The van der Waals surface area contributed by atoms with E-state index in [1.165, 1.54) is 18.2 Å². The molecule has 0 unspecified atom stereocenters. The van der Waals surface area contributed by atoms with Gasteiger partial charge in [-0.2, -0.15) is 5.10 Å². The van der Waals surface area contributed by atoms with Gasteiger partial charge in [0.1, 0.15) is 22.8 Å². The van der Waals surface area contributed by atoms with E-state index in [1.54, 1.807) is 9.58 Å². The zero-order chi connectivity index (χ0) is 22.6. The van der Waals surface area contributed by atoms with Crippen molar-refractivity contribution in [1.29, 1.82) is 0 Å². The van der Waals surface area contributed by atoms with Crippen LogP contribution in [0.2, 0.25) is 0 Å². The van der Waals surface area contributed by atoms with E-state index in [0.717, 1.165) is 25.0 Å². The van der Waals surface area contributed by atoms with Crippen molar-refractivity contribution in [3.05, 3.63) is 42.5 Å². The van der Waals surface area contributed by atoms with E-state index < -0.39 is 18.0 Å².